The molecule has 0 aliphatic carbocycles. The topological polar surface area (TPSA) is 76.7 Å². The van der Waals surface area contributed by atoms with Crippen LogP contribution in [0.15, 0.2) is 36.9 Å². The second-order valence-corrected chi connectivity index (χ2v) is 4.61. The van der Waals surface area contributed by atoms with Crippen molar-refractivity contribution in [1.29, 1.82) is 0 Å². The number of anilines is 1. The van der Waals surface area contributed by atoms with Crippen LogP contribution >= 0.6 is 12.2 Å². The number of hydrogen-bond donors (Lipinski definition) is 2. The highest BCUT2D eigenvalue weighted by molar-refractivity contribution is 7.80. The van der Waals surface area contributed by atoms with Crippen molar-refractivity contribution in [3.8, 4) is 5.75 Å². The van der Waals surface area contributed by atoms with Crippen molar-refractivity contribution in [2.45, 2.75) is 12.8 Å². The maximum Gasteiger partial charge on any atom is 0.306 e. The minimum Gasteiger partial charge on any atom is -0.490 e. The van der Waals surface area contributed by atoms with Crippen LogP contribution in [0.5, 0.6) is 5.75 Å². The van der Waals surface area contributed by atoms with Crippen molar-refractivity contribution < 1.29 is 19.1 Å². The summed E-state index contributed by atoms with van der Waals surface area (Å²) in [6.07, 6.45) is 1.69. The number of carbonyl (C=O) groups excluding carboxylic acids is 2. The van der Waals surface area contributed by atoms with Crippen LogP contribution in [0.3, 0.4) is 0 Å². The Hall–Kier alpha value is -2.41. The van der Waals surface area contributed by atoms with Gasteiger partial charge < -0.3 is 20.1 Å². The van der Waals surface area contributed by atoms with Gasteiger partial charge in [-0.05, 0) is 36.5 Å². The summed E-state index contributed by atoms with van der Waals surface area (Å²) in [5.41, 5.74) is 0.712. The smallest absolute Gasteiger partial charge is 0.306 e. The van der Waals surface area contributed by atoms with Gasteiger partial charge >= 0.3 is 5.97 Å². The Morgan fingerprint density at radius 2 is 1.95 bits per heavy atom. The maximum atomic E-state index is 11.6. The molecule has 0 fully saturated rings. The van der Waals surface area contributed by atoms with E-state index < -0.39 is 5.97 Å². The van der Waals surface area contributed by atoms with Crippen molar-refractivity contribution >= 4 is 34.9 Å². The van der Waals surface area contributed by atoms with Gasteiger partial charge in [-0.2, -0.15) is 0 Å². The fourth-order valence-electron chi connectivity index (χ4n) is 1.46. The van der Waals surface area contributed by atoms with Crippen molar-refractivity contribution in [1.82, 2.24) is 5.32 Å². The van der Waals surface area contributed by atoms with E-state index in [9.17, 15) is 9.59 Å². The molecule has 0 aliphatic rings. The van der Waals surface area contributed by atoms with Gasteiger partial charge in [-0.1, -0.05) is 12.7 Å². The van der Waals surface area contributed by atoms with E-state index in [0.29, 0.717) is 18.0 Å². The average Bonchev–Trinajstić information content (AvgIpc) is 2.51. The van der Waals surface area contributed by atoms with Crippen LogP contribution in [-0.2, 0) is 14.3 Å². The number of esters is 1. The molecule has 0 heterocycles. The number of methoxy groups -OCH3 is 1. The Morgan fingerprint density at radius 3 is 2.55 bits per heavy atom. The van der Waals surface area contributed by atoms with E-state index in [1.807, 2.05) is 0 Å². The summed E-state index contributed by atoms with van der Waals surface area (Å²) < 4.78 is 9.81. The average molecular weight is 322 g/mol. The molecule has 7 heteroatoms. The lowest BCUT2D eigenvalue weighted by Crippen LogP contribution is -2.34. The van der Waals surface area contributed by atoms with Gasteiger partial charge in [-0.15, -0.1) is 0 Å². The standard InChI is InChI=1S/C15H18N2O4S/c1-3-10-21-12-6-4-11(5-7-12)16-15(22)17-13(18)8-9-14(19)20-2/h3-7H,1,8-10H2,2H3,(H2,16,17,18,22). The van der Waals surface area contributed by atoms with E-state index in [4.69, 9.17) is 17.0 Å². The zero-order valence-electron chi connectivity index (χ0n) is 12.3. The number of benzene rings is 1. The van der Waals surface area contributed by atoms with Gasteiger partial charge in [-0.3, -0.25) is 9.59 Å². The predicted molar refractivity (Wildman–Crippen MR) is 87.7 cm³/mol. The SMILES string of the molecule is C=CCOc1ccc(NC(=S)NC(=O)CCC(=O)OC)cc1. The highest BCUT2D eigenvalue weighted by Crippen LogP contribution is 2.15. The van der Waals surface area contributed by atoms with Gasteiger partial charge in [0.15, 0.2) is 5.11 Å². The summed E-state index contributed by atoms with van der Waals surface area (Å²) in [6, 6.07) is 7.08. The maximum absolute atomic E-state index is 11.6. The molecule has 118 valence electrons. The summed E-state index contributed by atoms with van der Waals surface area (Å²) in [4.78, 5) is 22.5. The van der Waals surface area contributed by atoms with Gasteiger partial charge in [-0.25, -0.2) is 0 Å². The van der Waals surface area contributed by atoms with Crippen molar-refractivity contribution in [2.24, 2.45) is 0 Å². The zero-order valence-corrected chi connectivity index (χ0v) is 13.1. The highest BCUT2D eigenvalue weighted by Gasteiger charge is 2.08. The fourth-order valence-corrected chi connectivity index (χ4v) is 1.69. The lowest BCUT2D eigenvalue weighted by atomic mass is 10.3. The second-order valence-electron chi connectivity index (χ2n) is 4.20. The first kappa shape index (κ1) is 17.6. The van der Waals surface area contributed by atoms with Crippen LogP contribution < -0.4 is 15.4 Å². The molecule has 22 heavy (non-hydrogen) atoms. The quantitative estimate of drug-likeness (QED) is 0.454. The number of nitrogens with one attached hydrogen (secondary N) is 2. The molecule has 6 nitrogen and oxygen atoms in total. The van der Waals surface area contributed by atoms with Crippen LogP contribution in [0.4, 0.5) is 5.69 Å². The summed E-state index contributed by atoms with van der Waals surface area (Å²) in [7, 11) is 1.27. The molecule has 0 atom stereocenters. The van der Waals surface area contributed by atoms with Crippen molar-refractivity contribution in [3.63, 3.8) is 0 Å². The molecule has 0 saturated heterocycles. The number of rotatable bonds is 7. The molecule has 1 rings (SSSR count). The lowest BCUT2D eigenvalue weighted by Gasteiger charge is -2.10. The van der Waals surface area contributed by atoms with Gasteiger partial charge in [0, 0.05) is 12.1 Å². The molecule has 0 spiro atoms. The van der Waals surface area contributed by atoms with E-state index in [1.165, 1.54) is 7.11 Å². The second kappa shape index (κ2) is 9.51. The number of amides is 1. The Balaban J connectivity index is 2.39. The Kier molecular flexibility index (Phi) is 7.63. The molecule has 0 saturated carbocycles. The molecule has 1 aromatic rings. The third-order valence-corrected chi connectivity index (χ3v) is 2.72. The summed E-state index contributed by atoms with van der Waals surface area (Å²) in [5.74, 6) is -0.0866. The molecule has 2 N–H and O–H groups in total. The van der Waals surface area contributed by atoms with Gasteiger partial charge in [0.1, 0.15) is 12.4 Å². The highest BCUT2D eigenvalue weighted by atomic mass is 32.1. The summed E-state index contributed by atoms with van der Waals surface area (Å²) >= 11 is 5.02. The number of thiocarbonyl (C=S) groups is 1. The van der Waals surface area contributed by atoms with E-state index >= 15 is 0 Å². The summed E-state index contributed by atoms with van der Waals surface area (Å²) in [6.45, 7) is 4.00. The molecule has 0 bridgehead atoms. The normalized spacial score (nSPS) is 9.50. The minimum atomic E-state index is -0.441. The van der Waals surface area contributed by atoms with Gasteiger partial charge in [0.2, 0.25) is 5.91 Å². The number of ether oxygens (including phenoxy) is 2. The third kappa shape index (κ3) is 6.85. The first-order valence-corrected chi connectivity index (χ1v) is 6.97. The van der Waals surface area contributed by atoms with Crippen molar-refractivity contribution in [2.75, 3.05) is 19.0 Å². The van der Waals surface area contributed by atoms with E-state index in [-0.39, 0.29) is 23.9 Å². The largest absolute Gasteiger partial charge is 0.490 e. The van der Waals surface area contributed by atoms with E-state index in [0.717, 1.165) is 0 Å². The van der Waals surface area contributed by atoms with Gasteiger partial charge in [0.05, 0.1) is 13.5 Å². The predicted octanol–water partition coefficient (Wildman–Crippen LogP) is 2.02. The summed E-state index contributed by atoms with van der Waals surface area (Å²) in [5, 5.41) is 5.51. The van der Waals surface area contributed by atoms with Crippen LogP contribution in [0.25, 0.3) is 0 Å². The number of hydrogen-bond acceptors (Lipinski definition) is 5. The number of carbonyl (C=O) groups is 2. The van der Waals surface area contributed by atoms with Crippen LogP contribution in [0, 0.1) is 0 Å². The minimum absolute atomic E-state index is 0.0142. The third-order valence-electron chi connectivity index (χ3n) is 2.52. The molecule has 0 unspecified atom stereocenters. The fraction of sp³-hybridized carbons (Fsp3) is 0.267. The molecule has 1 aromatic carbocycles. The van der Waals surface area contributed by atoms with Crippen molar-refractivity contribution in [3.05, 3.63) is 36.9 Å². The molecular weight excluding hydrogens is 304 g/mol. The van der Waals surface area contributed by atoms with Crippen LogP contribution in [-0.4, -0.2) is 30.7 Å². The molecule has 0 radical (unpaired) electrons. The molecule has 1 amide bonds. The Labute approximate surface area is 134 Å². The zero-order chi connectivity index (χ0) is 16.4. The monoisotopic (exact) mass is 322 g/mol. The van der Waals surface area contributed by atoms with Gasteiger partial charge in [0.25, 0.3) is 0 Å². The lowest BCUT2D eigenvalue weighted by molar-refractivity contribution is -0.142. The van der Waals surface area contributed by atoms with E-state index in [2.05, 4.69) is 21.9 Å². The molecule has 0 aliphatic heterocycles. The Bertz CT molecular complexity index is 543. The van der Waals surface area contributed by atoms with Crippen LogP contribution in [0.1, 0.15) is 12.8 Å². The van der Waals surface area contributed by atoms with Crippen LogP contribution in [0.2, 0.25) is 0 Å². The first-order valence-electron chi connectivity index (χ1n) is 6.56. The Morgan fingerprint density at radius 1 is 1.27 bits per heavy atom. The molecule has 0 aromatic heterocycles. The molecular formula is C15H18N2O4S. The first-order chi connectivity index (χ1) is 10.5. The van der Waals surface area contributed by atoms with E-state index in [1.54, 1.807) is 30.3 Å².